The Morgan fingerprint density at radius 3 is 2.58 bits per heavy atom. The van der Waals surface area contributed by atoms with Crippen molar-refractivity contribution < 1.29 is 0 Å². The van der Waals surface area contributed by atoms with E-state index in [1.807, 2.05) is 22.6 Å². The molecule has 0 aliphatic rings. The van der Waals surface area contributed by atoms with Crippen LogP contribution in [0.1, 0.15) is 0 Å². The van der Waals surface area contributed by atoms with E-state index < -0.39 is 0 Å². The lowest BCUT2D eigenvalue weighted by molar-refractivity contribution is 1.45. The van der Waals surface area contributed by atoms with Crippen molar-refractivity contribution in [1.29, 1.82) is 0 Å². The van der Waals surface area contributed by atoms with Gasteiger partial charge in [0.1, 0.15) is 0 Å². The van der Waals surface area contributed by atoms with Crippen LogP contribution in [0.5, 0.6) is 0 Å². The van der Waals surface area contributed by atoms with Crippen molar-refractivity contribution in [1.82, 2.24) is 0 Å². The Bertz CT molecular complexity index is 337. The van der Waals surface area contributed by atoms with Crippen molar-refractivity contribution in [2.24, 2.45) is 5.11 Å². The average molecular weight is 314 g/mol. The van der Waals surface area contributed by atoms with Crippen molar-refractivity contribution in [2.45, 2.75) is 0 Å². The fourth-order valence-corrected chi connectivity index (χ4v) is 2.28. The number of nitrogens with zero attached hydrogens (tertiary/aromatic N) is 3. The first-order valence-corrected chi connectivity index (χ1v) is 4.68. The summed E-state index contributed by atoms with van der Waals surface area (Å²) < 4.78 is 0.739. The summed E-state index contributed by atoms with van der Waals surface area (Å²) in [5.41, 5.74) is 8.62. The molecule has 0 aliphatic carbocycles. The van der Waals surface area contributed by atoms with Crippen LogP contribution >= 0.6 is 45.8 Å². The van der Waals surface area contributed by atoms with Crippen LogP contribution in [0.3, 0.4) is 0 Å². The minimum Gasteiger partial charge on any atom is -0.0842 e. The SMILES string of the molecule is [N-]=[N+]=Nc1c(Cl)cc(Cl)cc1I. The quantitative estimate of drug-likeness (QED) is 0.316. The molecule has 0 bridgehead atoms. The molecule has 12 heavy (non-hydrogen) atoms. The number of hydrogen-bond acceptors (Lipinski definition) is 1. The molecular formula is C6H2Cl2IN3. The van der Waals surface area contributed by atoms with Crippen LogP contribution in [0, 0.1) is 3.57 Å². The number of hydrogen-bond donors (Lipinski definition) is 0. The molecule has 0 amide bonds. The van der Waals surface area contributed by atoms with Crippen LogP contribution in [0.15, 0.2) is 17.2 Å². The molecule has 0 atom stereocenters. The molecule has 0 fully saturated rings. The predicted octanol–water partition coefficient (Wildman–Crippen LogP) is 4.54. The van der Waals surface area contributed by atoms with Gasteiger partial charge in [-0.25, -0.2) is 0 Å². The summed E-state index contributed by atoms with van der Waals surface area (Å²) in [7, 11) is 0. The van der Waals surface area contributed by atoms with Gasteiger partial charge < -0.3 is 0 Å². The molecule has 6 heteroatoms. The van der Waals surface area contributed by atoms with Gasteiger partial charge in [0.25, 0.3) is 0 Å². The summed E-state index contributed by atoms with van der Waals surface area (Å²) in [5.74, 6) is 0. The van der Waals surface area contributed by atoms with Crippen molar-refractivity contribution in [3.05, 3.63) is 36.2 Å². The van der Waals surface area contributed by atoms with E-state index in [4.69, 9.17) is 28.7 Å². The Morgan fingerprint density at radius 1 is 1.42 bits per heavy atom. The molecule has 1 aromatic carbocycles. The lowest BCUT2D eigenvalue weighted by atomic mass is 10.3. The van der Waals surface area contributed by atoms with E-state index in [0.29, 0.717) is 15.7 Å². The number of halogens is 3. The molecule has 1 rings (SSSR count). The second kappa shape index (κ2) is 4.18. The maximum Gasteiger partial charge on any atom is 0.0696 e. The summed E-state index contributed by atoms with van der Waals surface area (Å²) >= 11 is 13.5. The van der Waals surface area contributed by atoms with E-state index in [1.165, 1.54) is 6.07 Å². The zero-order valence-electron chi connectivity index (χ0n) is 5.63. The molecule has 0 radical (unpaired) electrons. The van der Waals surface area contributed by atoms with Crippen molar-refractivity contribution in [3.8, 4) is 0 Å². The maximum absolute atomic E-state index is 8.20. The smallest absolute Gasteiger partial charge is 0.0696 e. The van der Waals surface area contributed by atoms with Gasteiger partial charge in [-0.2, -0.15) is 0 Å². The monoisotopic (exact) mass is 313 g/mol. The third-order valence-corrected chi connectivity index (χ3v) is 2.46. The molecule has 0 N–H and O–H groups in total. The number of rotatable bonds is 1. The average Bonchev–Trinajstić information content (AvgIpc) is 1.96. The largest absolute Gasteiger partial charge is 0.0842 e. The van der Waals surface area contributed by atoms with E-state index in [1.54, 1.807) is 6.07 Å². The summed E-state index contributed by atoms with van der Waals surface area (Å²) in [6, 6.07) is 3.22. The highest BCUT2D eigenvalue weighted by Gasteiger charge is 2.04. The van der Waals surface area contributed by atoms with E-state index in [9.17, 15) is 0 Å². The number of azide groups is 1. The third kappa shape index (κ3) is 2.17. The molecule has 0 saturated carbocycles. The Labute approximate surface area is 92.4 Å². The summed E-state index contributed by atoms with van der Waals surface area (Å²) in [6.07, 6.45) is 0. The molecule has 0 unspecified atom stereocenters. The van der Waals surface area contributed by atoms with E-state index in [0.717, 1.165) is 3.57 Å². The van der Waals surface area contributed by atoms with E-state index in [2.05, 4.69) is 10.0 Å². The lowest BCUT2D eigenvalue weighted by Gasteiger charge is -2.00. The summed E-state index contributed by atoms with van der Waals surface area (Å²) in [6.45, 7) is 0. The van der Waals surface area contributed by atoms with Crippen LogP contribution in [-0.4, -0.2) is 0 Å². The number of benzene rings is 1. The van der Waals surface area contributed by atoms with Gasteiger partial charge in [-0.3, -0.25) is 0 Å². The molecule has 0 aliphatic heterocycles. The fraction of sp³-hybridized carbons (Fsp3) is 0. The standard InChI is InChI=1S/C6H2Cl2IN3/c7-3-1-4(8)6(11-12-10)5(9)2-3/h1-2H. The van der Waals surface area contributed by atoms with Crippen LogP contribution in [0.2, 0.25) is 10.0 Å². The maximum atomic E-state index is 8.20. The zero-order chi connectivity index (χ0) is 9.14. The van der Waals surface area contributed by atoms with Crippen LogP contribution < -0.4 is 0 Å². The highest BCUT2D eigenvalue weighted by atomic mass is 127. The van der Waals surface area contributed by atoms with E-state index in [-0.39, 0.29) is 0 Å². The van der Waals surface area contributed by atoms with Crippen molar-refractivity contribution >= 4 is 51.5 Å². The Balaban J connectivity index is 3.37. The van der Waals surface area contributed by atoms with Crippen LogP contribution in [0.4, 0.5) is 5.69 Å². The fourth-order valence-electron chi connectivity index (χ4n) is 0.675. The topological polar surface area (TPSA) is 48.8 Å². The molecule has 3 nitrogen and oxygen atoms in total. The van der Waals surface area contributed by atoms with Gasteiger partial charge in [-0.1, -0.05) is 28.3 Å². The van der Waals surface area contributed by atoms with Crippen LogP contribution in [0.25, 0.3) is 10.4 Å². The first kappa shape index (κ1) is 9.92. The second-order valence-electron chi connectivity index (χ2n) is 1.91. The summed E-state index contributed by atoms with van der Waals surface area (Å²) in [5, 5.41) is 4.32. The zero-order valence-corrected chi connectivity index (χ0v) is 9.30. The van der Waals surface area contributed by atoms with Gasteiger partial charge in [0.15, 0.2) is 0 Å². The Kier molecular flexibility index (Phi) is 3.46. The molecular weight excluding hydrogens is 312 g/mol. The highest BCUT2D eigenvalue weighted by Crippen LogP contribution is 2.33. The molecule has 0 heterocycles. The third-order valence-electron chi connectivity index (χ3n) is 1.13. The van der Waals surface area contributed by atoms with Gasteiger partial charge in [-0.05, 0) is 40.3 Å². The van der Waals surface area contributed by atoms with Gasteiger partial charge in [0.2, 0.25) is 0 Å². The lowest BCUT2D eigenvalue weighted by Crippen LogP contribution is -1.74. The Hall–Kier alpha value is -0.160. The van der Waals surface area contributed by atoms with Crippen molar-refractivity contribution in [2.75, 3.05) is 0 Å². The normalized spacial score (nSPS) is 9.25. The summed E-state index contributed by atoms with van der Waals surface area (Å²) in [4.78, 5) is 2.65. The molecule has 0 saturated heterocycles. The first-order valence-electron chi connectivity index (χ1n) is 2.85. The van der Waals surface area contributed by atoms with E-state index >= 15 is 0 Å². The molecule has 1 aromatic rings. The minimum absolute atomic E-state index is 0.365. The van der Waals surface area contributed by atoms with Gasteiger partial charge in [-0.15, -0.1) is 0 Å². The molecule has 0 spiro atoms. The minimum atomic E-state index is 0.365. The first-order chi connectivity index (χ1) is 5.65. The Morgan fingerprint density at radius 2 is 2.08 bits per heavy atom. The van der Waals surface area contributed by atoms with Gasteiger partial charge >= 0.3 is 0 Å². The highest BCUT2D eigenvalue weighted by molar-refractivity contribution is 14.1. The predicted molar refractivity (Wildman–Crippen MR) is 58.0 cm³/mol. The molecule has 0 aromatic heterocycles. The van der Waals surface area contributed by atoms with Gasteiger partial charge in [0, 0.05) is 13.5 Å². The van der Waals surface area contributed by atoms with Gasteiger partial charge in [0.05, 0.1) is 10.7 Å². The van der Waals surface area contributed by atoms with Crippen molar-refractivity contribution in [3.63, 3.8) is 0 Å². The van der Waals surface area contributed by atoms with Crippen LogP contribution in [-0.2, 0) is 0 Å². The molecule has 62 valence electrons. The second-order valence-corrected chi connectivity index (χ2v) is 3.91.